The van der Waals surface area contributed by atoms with Crippen molar-refractivity contribution < 1.29 is 9.53 Å². The zero-order chi connectivity index (χ0) is 14.5. The van der Waals surface area contributed by atoms with Crippen LogP contribution in [0.15, 0.2) is 29.4 Å². The molecule has 0 spiro atoms. The van der Waals surface area contributed by atoms with Gasteiger partial charge in [0.25, 0.3) is 5.91 Å². The standard InChI is InChI=1S/C12H13ClN4O2S/c1-8-14-15-12(20-2)17(8)16-11(18)7-19-10-6-4-3-5-9(10)13/h3-6H,7H2,1-2H3,(H,16,18). The topological polar surface area (TPSA) is 69.0 Å². The molecule has 6 nitrogen and oxygen atoms in total. The molecule has 0 radical (unpaired) electrons. The quantitative estimate of drug-likeness (QED) is 0.856. The molecule has 0 aliphatic heterocycles. The number of aryl methyl sites for hydroxylation is 1. The highest BCUT2D eigenvalue weighted by Gasteiger charge is 2.11. The number of benzene rings is 1. The Hall–Kier alpha value is -1.73. The van der Waals surface area contributed by atoms with Crippen molar-refractivity contribution in [3.63, 3.8) is 0 Å². The molecule has 8 heteroatoms. The second kappa shape index (κ2) is 6.62. The van der Waals surface area contributed by atoms with Gasteiger partial charge in [-0.2, -0.15) is 0 Å². The molecule has 0 unspecified atom stereocenters. The van der Waals surface area contributed by atoms with Crippen molar-refractivity contribution in [1.82, 2.24) is 14.9 Å². The van der Waals surface area contributed by atoms with Crippen molar-refractivity contribution in [2.75, 3.05) is 18.3 Å². The van der Waals surface area contributed by atoms with Crippen molar-refractivity contribution in [1.29, 1.82) is 0 Å². The Kier molecular flexibility index (Phi) is 4.86. The van der Waals surface area contributed by atoms with Crippen LogP contribution in [0.3, 0.4) is 0 Å². The van der Waals surface area contributed by atoms with Gasteiger partial charge in [0.2, 0.25) is 5.16 Å². The van der Waals surface area contributed by atoms with Crippen LogP contribution in [0.1, 0.15) is 5.82 Å². The fourth-order valence-electron chi connectivity index (χ4n) is 1.47. The van der Waals surface area contributed by atoms with Gasteiger partial charge in [0, 0.05) is 0 Å². The van der Waals surface area contributed by atoms with Gasteiger partial charge in [-0.25, -0.2) is 4.68 Å². The summed E-state index contributed by atoms with van der Waals surface area (Å²) >= 11 is 7.33. The highest BCUT2D eigenvalue weighted by Crippen LogP contribution is 2.22. The van der Waals surface area contributed by atoms with Crippen LogP contribution in [0.5, 0.6) is 5.75 Å². The van der Waals surface area contributed by atoms with Crippen LogP contribution in [-0.4, -0.2) is 33.6 Å². The SMILES string of the molecule is CSc1nnc(C)n1NC(=O)COc1ccccc1Cl. The Bertz CT molecular complexity index is 617. The molecule has 0 bridgehead atoms. The summed E-state index contributed by atoms with van der Waals surface area (Å²) < 4.78 is 6.87. The van der Waals surface area contributed by atoms with E-state index in [-0.39, 0.29) is 12.5 Å². The highest BCUT2D eigenvalue weighted by atomic mass is 35.5. The number of ether oxygens (including phenoxy) is 1. The summed E-state index contributed by atoms with van der Waals surface area (Å²) in [4.78, 5) is 11.9. The minimum atomic E-state index is -0.317. The van der Waals surface area contributed by atoms with E-state index in [1.165, 1.54) is 16.4 Å². The van der Waals surface area contributed by atoms with Gasteiger partial charge in [-0.15, -0.1) is 10.2 Å². The van der Waals surface area contributed by atoms with E-state index in [0.717, 1.165) is 0 Å². The largest absolute Gasteiger partial charge is 0.482 e. The number of thioether (sulfide) groups is 1. The number of nitrogens with one attached hydrogen (secondary N) is 1. The van der Waals surface area contributed by atoms with Gasteiger partial charge in [0.1, 0.15) is 11.6 Å². The maximum absolute atomic E-state index is 11.9. The van der Waals surface area contributed by atoms with Crippen molar-refractivity contribution in [3.05, 3.63) is 35.1 Å². The normalized spacial score (nSPS) is 10.3. The maximum atomic E-state index is 11.9. The molecule has 1 aromatic heterocycles. The number of aromatic nitrogens is 3. The van der Waals surface area contributed by atoms with Crippen LogP contribution in [-0.2, 0) is 4.79 Å². The van der Waals surface area contributed by atoms with Gasteiger partial charge in [-0.05, 0) is 25.3 Å². The van der Waals surface area contributed by atoms with E-state index < -0.39 is 0 Å². The molecule has 0 saturated heterocycles. The average Bonchev–Trinajstić information content (AvgIpc) is 2.79. The first-order valence-electron chi connectivity index (χ1n) is 5.75. The van der Waals surface area contributed by atoms with Crippen LogP contribution in [0, 0.1) is 6.92 Å². The molecular weight excluding hydrogens is 300 g/mol. The molecule has 1 heterocycles. The number of amides is 1. The van der Waals surface area contributed by atoms with E-state index in [0.29, 0.717) is 21.8 Å². The minimum Gasteiger partial charge on any atom is -0.482 e. The number of hydrogen-bond donors (Lipinski definition) is 1. The first kappa shape index (κ1) is 14.7. The number of nitrogens with zero attached hydrogens (tertiary/aromatic N) is 3. The van der Waals surface area contributed by atoms with E-state index in [4.69, 9.17) is 16.3 Å². The Labute approximate surface area is 125 Å². The van der Waals surface area contributed by atoms with E-state index in [1.807, 2.05) is 6.26 Å². The molecule has 0 atom stereocenters. The summed E-state index contributed by atoms with van der Waals surface area (Å²) in [7, 11) is 0. The third-order valence-corrected chi connectivity index (χ3v) is 3.35. The predicted octanol–water partition coefficient (Wildman–Crippen LogP) is 2.11. The first-order valence-corrected chi connectivity index (χ1v) is 7.35. The van der Waals surface area contributed by atoms with Gasteiger partial charge >= 0.3 is 0 Å². The molecule has 0 aliphatic carbocycles. The summed E-state index contributed by atoms with van der Waals surface area (Å²) in [6, 6.07) is 6.98. The summed E-state index contributed by atoms with van der Waals surface area (Å²) in [6.45, 7) is 1.61. The van der Waals surface area contributed by atoms with E-state index in [2.05, 4.69) is 15.6 Å². The molecule has 2 aromatic rings. The maximum Gasteiger partial charge on any atom is 0.276 e. The molecule has 1 N–H and O–H groups in total. The van der Waals surface area contributed by atoms with Crippen molar-refractivity contribution in [3.8, 4) is 5.75 Å². The van der Waals surface area contributed by atoms with Gasteiger partial charge < -0.3 is 4.74 Å². The van der Waals surface area contributed by atoms with Crippen LogP contribution in [0.2, 0.25) is 5.02 Å². The number of rotatable bonds is 5. The molecule has 1 aromatic carbocycles. The molecule has 0 aliphatic rings. The molecule has 20 heavy (non-hydrogen) atoms. The Morgan fingerprint density at radius 1 is 1.45 bits per heavy atom. The lowest BCUT2D eigenvalue weighted by atomic mass is 10.3. The number of carbonyl (C=O) groups excluding carboxylic acids is 1. The molecule has 1 amide bonds. The molecule has 2 rings (SSSR count). The minimum absolute atomic E-state index is 0.144. The monoisotopic (exact) mass is 312 g/mol. The van der Waals surface area contributed by atoms with Gasteiger partial charge in [0.05, 0.1) is 5.02 Å². The summed E-state index contributed by atoms with van der Waals surface area (Å²) in [5.74, 6) is 0.749. The van der Waals surface area contributed by atoms with Crippen LogP contribution in [0.25, 0.3) is 0 Å². The zero-order valence-corrected chi connectivity index (χ0v) is 12.5. The fraction of sp³-hybridized carbons (Fsp3) is 0.250. The summed E-state index contributed by atoms with van der Waals surface area (Å²) in [6.07, 6.45) is 1.85. The van der Waals surface area contributed by atoms with Crippen LogP contribution in [0.4, 0.5) is 0 Å². The lowest BCUT2D eigenvalue weighted by Gasteiger charge is -2.10. The summed E-state index contributed by atoms with van der Waals surface area (Å²) in [5.41, 5.74) is 2.66. The second-order valence-corrected chi connectivity index (χ2v) is 5.00. The third kappa shape index (κ3) is 3.43. The van der Waals surface area contributed by atoms with E-state index in [1.54, 1.807) is 31.2 Å². The lowest BCUT2D eigenvalue weighted by molar-refractivity contribution is -0.119. The van der Waals surface area contributed by atoms with E-state index >= 15 is 0 Å². The zero-order valence-electron chi connectivity index (χ0n) is 11.0. The number of halogens is 1. The molecule has 0 saturated carbocycles. The van der Waals surface area contributed by atoms with Crippen LogP contribution < -0.4 is 10.2 Å². The van der Waals surface area contributed by atoms with Crippen LogP contribution >= 0.6 is 23.4 Å². The third-order valence-electron chi connectivity index (χ3n) is 2.41. The number of para-hydroxylation sites is 1. The Morgan fingerprint density at radius 3 is 2.90 bits per heavy atom. The van der Waals surface area contributed by atoms with Crippen molar-refractivity contribution in [2.45, 2.75) is 12.1 Å². The van der Waals surface area contributed by atoms with E-state index in [9.17, 15) is 4.79 Å². The van der Waals surface area contributed by atoms with Gasteiger partial charge in [-0.1, -0.05) is 35.5 Å². The average molecular weight is 313 g/mol. The summed E-state index contributed by atoms with van der Waals surface area (Å²) in [5, 5.41) is 8.88. The smallest absolute Gasteiger partial charge is 0.276 e. The van der Waals surface area contributed by atoms with Gasteiger partial charge in [-0.3, -0.25) is 10.2 Å². The Balaban J connectivity index is 1.96. The second-order valence-electron chi connectivity index (χ2n) is 3.82. The number of carbonyl (C=O) groups is 1. The predicted molar refractivity (Wildman–Crippen MR) is 77.9 cm³/mol. The highest BCUT2D eigenvalue weighted by molar-refractivity contribution is 7.98. The Morgan fingerprint density at radius 2 is 2.20 bits per heavy atom. The van der Waals surface area contributed by atoms with Gasteiger partial charge in [0.15, 0.2) is 6.61 Å². The number of hydrogen-bond acceptors (Lipinski definition) is 5. The molecular formula is C12H13ClN4O2S. The van der Waals surface area contributed by atoms with Crippen molar-refractivity contribution in [2.24, 2.45) is 0 Å². The first-order chi connectivity index (χ1) is 9.61. The molecule has 106 valence electrons. The van der Waals surface area contributed by atoms with Crippen molar-refractivity contribution >= 4 is 29.3 Å². The molecule has 0 fully saturated rings. The lowest BCUT2D eigenvalue weighted by Crippen LogP contribution is -2.29. The fourth-order valence-corrected chi connectivity index (χ4v) is 2.14.